The minimum Gasteiger partial charge on any atom is -0.380 e. The highest BCUT2D eigenvalue weighted by atomic mass is 16.6. The minimum absolute atomic E-state index is 0.107. The van der Waals surface area contributed by atoms with Gasteiger partial charge in [0.05, 0.1) is 19.8 Å². The molecule has 0 unspecified atom stereocenters. The molecule has 3 rings (SSSR count). The number of ether oxygens (including phenoxy) is 2. The number of rotatable bonds is 4. The van der Waals surface area contributed by atoms with Crippen molar-refractivity contribution in [2.75, 3.05) is 19.8 Å². The molecule has 3 atom stereocenters. The van der Waals surface area contributed by atoms with E-state index in [0.717, 1.165) is 32.5 Å². The third kappa shape index (κ3) is 1.61. The average molecular weight is 268 g/mol. The molecule has 2 aliphatic carbocycles. The molecule has 3 nitrogen and oxygen atoms in total. The van der Waals surface area contributed by atoms with Crippen molar-refractivity contribution in [3.8, 4) is 0 Å². The zero-order chi connectivity index (χ0) is 13.9. The highest BCUT2D eigenvalue weighted by Crippen LogP contribution is 2.70. The van der Waals surface area contributed by atoms with Crippen LogP contribution in [0.25, 0.3) is 0 Å². The van der Waals surface area contributed by atoms with E-state index in [1.165, 1.54) is 6.42 Å². The van der Waals surface area contributed by atoms with Crippen LogP contribution in [0.1, 0.15) is 53.4 Å². The maximum absolute atomic E-state index is 11.1. The van der Waals surface area contributed by atoms with E-state index in [9.17, 15) is 5.11 Å². The Morgan fingerprint density at radius 2 is 1.95 bits per heavy atom. The Labute approximate surface area is 116 Å². The highest BCUT2D eigenvalue weighted by Gasteiger charge is 2.69. The predicted molar refractivity (Wildman–Crippen MR) is 73.7 cm³/mol. The quantitative estimate of drug-likeness (QED) is 0.797. The molecule has 2 bridgehead atoms. The monoisotopic (exact) mass is 268 g/mol. The van der Waals surface area contributed by atoms with Crippen LogP contribution in [0.5, 0.6) is 0 Å². The van der Waals surface area contributed by atoms with E-state index < -0.39 is 5.79 Å². The second-order valence-electron chi connectivity index (χ2n) is 7.91. The lowest BCUT2D eigenvalue weighted by Gasteiger charge is -2.48. The van der Waals surface area contributed by atoms with Crippen LogP contribution >= 0.6 is 0 Å². The van der Waals surface area contributed by atoms with Gasteiger partial charge < -0.3 is 14.6 Å². The van der Waals surface area contributed by atoms with Crippen molar-refractivity contribution in [3.63, 3.8) is 0 Å². The molecular weight excluding hydrogens is 240 g/mol. The Kier molecular flexibility index (Phi) is 2.88. The van der Waals surface area contributed by atoms with Crippen LogP contribution in [0.2, 0.25) is 0 Å². The molecule has 1 heterocycles. The number of hydrogen-bond acceptors (Lipinski definition) is 3. The first-order valence-electron chi connectivity index (χ1n) is 7.73. The van der Waals surface area contributed by atoms with Crippen LogP contribution in [0.15, 0.2) is 0 Å². The predicted octanol–water partition coefficient (Wildman–Crippen LogP) is 2.96. The van der Waals surface area contributed by atoms with Crippen LogP contribution in [0, 0.1) is 22.2 Å². The van der Waals surface area contributed by atoms with Gasteiger partial charge in [0.2, 0.25) is 0 Å². The molecule has 3 aliphatic rings. The van der Waals surface area contributed by atoms with Gasteiger partial charge in [0, 0.05) is 17.3 Å². The molecule has 0 aromatic carbocycles. The molecule has 0 amide bonds. The van der Waals surface area contributed by atoms with Gasteiger partial charge in [-0.05, 0) is 30.6 Å². The summed E-state index contributed by atoms with van der Waals surface area (Å²) in [4.78, 5) is 0. The molecule has 2 saturated carbocycles. The van der Waals surface area contributed by atoms with Gasteiger partial charge in [-0.25, -0.2) is 0 Å². The van der Waals surface area contributed by atoms with E-state index >= 15 is 0 Å². The Morgan fingerprint density at radius 3 is 2.32 bits per heavy atom. The fourth-order valence-corrected chi connectivity index (χ4v) is 4.48. The summed E-state index contributed by atoms with van der Waals surface area (Å²) in [6.45, 7) is 11.2. The Balaban J connectivity index is 1.74. The molecule has 0 radical (unpaired) electrons. The lowest BCUT2D eigenvalue weighted by atomic mass is 9.68. The minimum atomic E-state index is -0.933. The van der Waals surface area contributed by atoms with Gasteiger partial charge in [-0.1, -0.05) is 27.7 Å². The maximum atomic E-state index is 11.1. The van der Waals surface area contributed by atoms with Crippen molar-refractivity contribution in [1.82, 2.24) is 0 Å². The molecule has 1 aliphatic heterocycles. The van der Waals surface area contributed by atoms with Gasteiger partial charge in [-0.15, -0.1) is 0 Å². The molecule has 1 saturated heterocycles. The summed E-state index contributed by atoms with van der Waals surface area (Å²) in [5.74, 6) is -0.338. The fourth-order valence-electron chi connectivity index (χ4n) is 4.48. The summed E-state index contributed by atoms with van der Waals surface area (Å²) >= 11 is 0. The summed E-state index contributed by atoms with van der Waals surface area (Å²) in [5.41, 5.74) is 0.222. The van der Waals surface area contributed by atoms with E-state index in [-0.39, 0.29) is 16.2 Å². The lowest BCUT2D eigenvalue weighted by Crippen LogP contribution is -2.53. The van der Waals surface area contributed by atoms with Gasteiger partial charge in [-0.3, -0.25) is 0 Å². The zero-order valence-electron chi connectivity index (χ0n) is 12.8. The van der Waals surface area contributed by atoms with E-state index in [4.69, 9.17) is 9.47 Å². The maximum Gasteiger partial charge on any atom is 0.171 e. The third-order valence-corrected chi connectivity index (χ3v) is 7.00. The van der Waals surface area contributed by atoms with Crippen molar-refractivity contribution in [3.05, 3.63) is 0 Å². The molecule has 3 heteroatoms. The first-order valence-corrected chi connectivity index (χ1v) is 7.73. The zero-order valence-corrected chi connectivity index (χ0v) is 12.8. The second kappa shape index (κ2) is 3.96. The topological polar surface area (TPSA) is 38.7 Å². The molecule has 0 aromatic heterocycles. The Hall–Kier alpha value is -0.120. The largest absolute Gasteiger partial charge is 0.380 e. The molecule has 110 valence electrons. The fraction of sp³-hybridized carbons (Fsp3) is 1.00. The van der Waals surface area contributed by atoms with Crippen molar-refractivity contribution < 1.29 is 14.6 Å². The second-order valence-corrected chi connectivity index (χ2v) is 7.91. The van der Waals surface area contributed by atoms with Gasteiger partial charge in [0.25, 0.3) is 0 Å². The molecule has 0 aromatic rings. The normalized spacial score (nSPS) is 46.3. The van der Waals surface area contributed by atoms with Crippen molar-refractivity contribution in [1.29, 1.82) is 0 Å². The summed E-state index contributed by atoms with van der Waals surface area (Å²) in [7, 11) is 0. The molecule has 1 N–H and O–H groups in total. The summed E-state index contributed by atoms with van der Waals surface area (Å²) in [6.07, 6.45) is 4.18. The van der Waals surface area contributed by atoms with Gasteiger partial charge >= 0.3 is 0 Å². The van der Waals surface area contributed by atoms with Crippen LogP contribution in [-0.4, -0.2) is 30.7 Å². The van der Waals surface area contributed by atoms with Crippen molar-refractivity contribution in [2.45, 2.75) is 59.2 Å². The summed E-state index contributed by atoms with van der Waals surface area (Å²) in [6, 6.07) is 0. The average Bonchev–Trinajstić information content (AvgIpc) is 2.60. The Morgan fingerprint density at radius 1 is 1.26 bits per heavy atom. The SMILES string of the molecule is CCC1(CO[C@@]2(O)C[C@H]3CC[C@]2(C)C3(C)C)COC1. The van der Waals surface area contributed by atoms with Gasteiger partial charge in [-0.2, -0.15) is 0 Å². The van der Waals surface area contributed by atoms with E-state index in [2.05, 4.69) is 27.7 Å². The van der Waals surface area contributed by atoms with Gasteiger partial charge in [0.1, 0.15) is 0 Å². The first kappa shape index (κ1) is 13.8. The van der Waals surface area contributed by atoms with Gasteiger partial charge in [0.15, 0.2) is 5.79 Å². The number of hydrogen-bond donors (Lipinski definition) is 1. The lowest BCUT2D eigenvalue weighted by molar-refractivity contribution is -0.298. The van der Waals surface area contributed by atoms with E-state index in [1.807, 2.05) is 0 Å². The van der Waals surface area contributed by atoms with Crippen LogP contribution in [0.3, 0.4) is 0 Å². The van der Waals surface area contributed by atoms with Crippen LogP contribution in [0.4, 0.5) is 0 Å². The van der Waals surface area contributed by atoms with Crippen molar-refractivity contribution in [2.24, 2.45) is 22.2 Å². The standard InChI is InChI=1S/C16H28O3/c1-5-15(9-18-10-15)11-19-16(17)8-12-6-7-14(16,4)13(12,2)3/h12,17H,5-11H2,1-4H3/t12-,14-,16+/m1/s1. The van der Waals surface area contributed by atoms with Crippen LogP contribution < -0.4 is 0 Å². The summed E-state index contributed by atoms with van der Waals surface area (Å²) in [5, 5.41) is 11.1. The smallest absolute Gasteiger partial charge is 0.171 e. The summed E-state index contributed by atoms with van der Waals surface area (Å²) < 4.78 is 11.5. The molecular formula is C16H28O3. The third-order valence-electron chi connectivity index (χ3n) is 7.00. The van der Waals surface area contributed by atoms with E-state index in [0.29, 0.717) is 12.5 Å². The van der Waals surface area contributed by atoms with E-state index in [1.54, 1.807) is 0 Å². The van der Waals surface area contributed by atoms with Crippen molar-refractivity contribution >= 4 is 0 Å². The highest BCUT2D eigenvalue weighted by molar-refractivity contribution is 5.14. The Bertz CT molecular complexity index is 369. The molecule has 3 fully saturated rings. The first-order chi connectivity index (χ1) is 8.79. The molecule has 19 heavy (non-hydrogen) atoms. The number of aliphatic hydroxyl groups is 1. The molecule has 0 spiro atoms. The number of fused-ring (bicyclic) bond motifs is 2. The van der Waals surface area contributed by atoms with Crippen LogP contribution in [-0.2, 0) is 9.47 Å².